The maximum atomic E-state index is 3.99. The molecule has 2 heteroatoms. The molecule has 0 spiro atoms. The van der Waals surface area contributed by atoms with Crippen LogP contribution in [0.25, 0.3) is 27.1 Å². The number of benzene rings is 5. The molecule has 4 atom stereocenters. The monoisotopic (exact) mass is 630 g/mol. The fourth-order valence-corrected chi connectivity index (χ4v) is 9.07. The second-order valence-electron chi connectivity index (χ2n) is 14.0. The number of rotatable bonds is 4. The number of hydrogen-bond donors (Lipinski definition) is 1. The van der Waals surface area contributed by atoms with Gasteiger partial charge in [-0.15, -0.1) is 0 Å². The lowest BCUT2D eigenvalue weighted by atomic mass is 9.60. The van der Waals surface area contributed by atoms with Crippen molar-refractivity contribution in [3.8, 4) is 0 Å². The number of anilines is 1. The molecule has 0 aromatic heterocycles. The lowest BCUT2D eigenvalue weighted by Gasteiger charge is -2.44. The van der Waals surface area contributed by atoms with Crippen molar-refractivity contribution in [2.24, 2.45) is 11.8 Å². The van der Waals surface area contributed by atoms with E-state index in [9.17, 15) is 0 Å². The molecule has 49 heavy (non-hydrogen) atoms. The fourth-order valence-electron chi connectivity index (χ4n) is 9.07. The number of hydrogen-bond acceptors (Lipinski definition) is 2. The molecule has 1 N–H and O–H groups in total. The molecule has 4 aliphatic carbocycles. The maximum Gasteiger partial charge on any atom is 0.130 e. The zero-order valence-electron chi connectivity index (χ0n) is 27.5. The highest BCUT2D eigenvalue weighted by atomic mass is 15.3. The van der Waals surface area contributed by atoms with E-state index in [2.05, 4.69) is 174 Å². The van der Waals surface area contributed by atoms with Gasteiger partial charge in [-0.1, -0.05) is 140 Å². The number of allylic oxidation sites excluding steroid dienone is 11. The van der Waals surface area contributed by atoms with Crippen molar-refractivity contribution < 1.29 is 0 Å². The summed E-state index contributed by atoms with van der Waals surface area (Å²) in [6, 6.07) is 42.7. The maximum absolute atomic E-state index is 3.99. The van der Waals surface area contributed by atoms with E-state index in [0.717, 1.165) is 19.3 Å². The third-order valence-corrected chi connectivity index (χ3v) is 11.3. The molecule has 5 aliphatic rings. The Labute approximate surface area is 288 Å². The molecule has 0 saturated heterocycles. The van der Waals surface area contributed by atoms with Crippen molar-refractivity contribution in [1.29, 1.82) is 0 Å². The molecule has 5 aromatic rings. The van der Waals surface area contributed by atoms with Crippen LogP contribution >= 0.6 is 0 Å². The Morgan fingerprint density at radius 2 is 1.45 bits per heavy atom. The molecular weight excluding hydrogens is 593 g/mol. The number of nitrogens with one attached hydrogen (secondary N) is 1. The highest BCUT2D eigenvalue weighted by Gasteiger charge is 2.43. The van der Waals surface area contributed by atoms with E-state index in [1.165, 1.54) is 72.0 Å². The summed E-state index contributed by atoms with van der Waals surface area (Å²) in [6.45, 7) is 0. The molecule has 0 radical (unpaired) electrons. The highest BCUT2D eigenvalue weighted by molar-refractivity contribution is 5.93. The molecule has 2 nitrogen and oxygen atoms in total. The van der Waals surface area contributed by atoms with E-state index in [0.29, 0.717) is 11.8 Å². The largest absolute Gasteiger partial charge is 0.363 e. The lowest BCUT2D eigenvalue weighted by molar-refractivity contribution is 0.418. The predicted octanol–water partition coefficient (Wildman–Crippen LogP) is 11.2. The zero-order chi connectivity index (χ0) is 32.3. The molecule has 10 rings (SSSR count). The second kappa shape index (κ2) is 11.5. The van der Waals surface area contributed by atoms with E-state index in [4.69, 9.17) is 0 Å². The summed E-state index contributed by atoms with van der Waals surface area (Å²) < 4.78 is 0. The van der Waals surface area contributed by atoms with Crippen LogP contribution in [0.1, 0.15) is 36.3 Å². The van der Waals surface area contributed by atoms with Crippen LogP contribution in [0, 0.1) is 11.8 Å². The predicted molar refractivity (Wildman–Crippen MR) is 205 cm³/mol. The van der Waals surface area contributed by atoms with Gasteiger partial charge in [0, 0.05) is 23.2 Å². The fraction of sp³-hybridized carbons (Fsp3) is 0.149. The molecule has 0 bridgehead atoms. The summed E-state index contributed by atoms with van der Waals surface area (Å²) in [5.74, 6) is 0.990. The standard InChI is InChI=1S/C47H38N2/c1-2-16-38(17-3-1)49-44-21-11-10-20-43(44)48-47(49)37-26-27-41-42(30-37)46(36-25-23-32-13-5-7-15-34(32)29-36)40-19-9-8-18-39(40)45(41)35-24-22-31-12-4-6-14-33(31)28-35/h1-9,11-17,19,21-30,39,41,45,47-48H,10,18,20H2. The topological polar surface area (TPSA) is 15.3 Å². The van der Waals surface area contributed by atoms with Gasteiger partial charge < -0.3 is 10.2 Å². The van der Waals surface area contributed by atoms with Crippen LogP contribution in [0.4, 0.5) is 5.69 Å². The van der Waals surface area contributed by atoms with Crippen LogP contribution < -0.4 is 10.2 Å². The first kappa shape index (κ1) is 28.4. The van der Waals surface area contributed by atoms with Crippen molar-refractivity contribution in [3.63, 3.8) is 0 Å². The SMILES string of the molecule is C1=CCC2C(=C1)C(c1ccc3ccccc3c1)=C1C=C(C3NC4=C(C=CCC4)N3c3ccccc3)C=CC1C2c1ccc2ccccc2c1. The molecule has 236 valence electrons. The van der Waals surface area contributed by atoms with Crippen LogP contribution in [0.3, 0.4) is 0 Å². The summed E-state index contributed by atoms with van der Waals surface area (Å²) in [5.41, 5.74) is 12.2. The van der Waals surface area contributed by atoms with Crippen LogP contribution in [0.5, 0.6) is 0 Å². The molecule has 0 saturated carbocycles. The minimum atomic E-state index is 0.0229. The summed E-state index contributed by atoms with van der Waals surface area (Å²) in [7, 11) is 0. The number of fused-ring (bicyclic) bond motifs is 4. The van der Waals surface area contributed by atoms with Gasteiger partial charge in [0.1, 0.15) is 6.17 Å². The molecule has 0 amide bonds. The van der Waals surface area contributed by atoms with Gasteiger partial charge in [0.15, 0.2) is 0 Å². The van der Waals surface area contributed by atoms with Gasteiger partial charge >= 0.3 is 0 Å². The molecule has 0 fully saturated rings. The van der Waals surface area contributed by atoms with Gasteiger partial charge in [0.25, 0.3) is 0 Å². The third kappa shape index (κ3) is 4.70. The average molecular weight is 631 g/mol. The Bertz CT molecular complexity index is 2360. The van der Waals surface area contributed by atoms with E-state index in [1.807, 2.05) is 0 Å². The normalized spacial score (nSPS) is 24.0. The smallest absolute Gasteiger partial charge is 0.130 e. The summed E-state index contributed by atoms with van der Waals surface area (Å²) in [6.07, 6.45) is 22.4. The van der Waals surface area contributed by atoms with Crippen molar-refractivity contribution in [2.75, 3.05) is 4.90 Å². The van der Waals surface area contributed by atoms with E-state index < -0.39 is 0 Å². The minimum absolute atomic E-state index is 0.0229. The Balaban J connectivity index is 1.18. The summed E-state index contributed by atoms with van der Waals surface area (Å²) in [5, 5.41) is 9.18. The van der Waals surface area contributed by atoms with E-state index >= 15 is 0 Å². The van der Waals surface area contributed by atoms with Crippen LogP contribution in [-0.2, 0) is 0 Å². The van der Waals surface area contributed by atoms with Gasteiger partial charge in [0.2, 0.25) is 0 Å². The molecule has 5 aromatic carbocycles. The number of para-hydroxylation sites is 1. The molecule has 1 aliphatic heterocycles. The van der Waals surface area contributed by atoms with Gasteiger partial charge in [-0.05, 0) is 104 Å². The molecular formula is C47H38N2. The zero-order valence-corrected chi connectivity index (χ0v) is 27.5. The Morgan fingerprint density at radius 1 is 0.694 bits per heavy atom. The van der Waals surface area contributed by atoms with E-state index in [-0.39, 0.29) is 12.1 Å². The lowest BCUT2D eigenvalue weighted by Crippen LogP contribution is -2.40. The van der Waals surface area contributed by atoms with Crippen molar-refractivity contribution in [2.45, 2.75) is 31.3 Å². The average Bonchev–Trinajstić information content (AvgIpc) is 3.56. The first-order chi connectivity index (χ1) is 24.3. The van der Waals surface area contributed by atoms with Gasteiger partial charge in [-0.25, -0.2) is 0 Å². The highest BCUT2D eigenvalue weighted by Crippen LogP contribution is 2.56. The Kier molecular flexibility index (Phi) is 6.68. The first-order valence-electron chi connectivity index (χ1n) is 17.8. The van der Waals surface area contributed by atoms with Gasteiger partial charge in [-0.3, -0.25) is 0 Å². The van der Waals surface area contributed by atoms with Crippen molar-refractivity contribution in [3.05, 3.63) is 203 Å². The molecule has 1 heterocycles. The third-order valence-electron chi connectivity index (χ3n) is 11.3. The first-order valence-corrected chi connectivity index (χ1v) is 17.8. The summed E-state index contributed by atoms with van der Waals surface area (Å²) in [4.78, 5) is 2.51. The number of nitrogens with zero attached hydrogens (tertiary/aromatic N) is 1. The van der Waals surface area contributed by atoms with Gasteiger partial charge in [0.05, 0.1) is 5.70 Å². The Hall–Kier alpha value is -5.60. The minimum Gasteiger partial charge on any atom is -0.363 e. The van der Waals surface area contributed by atoms with Crippen LogP contribution in [-0.4, -0.2) is 6.17 Å². The van der Waals surface area contributed by atoms with Crippen molar-refractivity contribution in [1.82, 2.24) is 5.32 Å². The van der Waals surface area contributed by atoms with E-state index in [1.54, 1.807) is 0 Å². The molecule has 4 unspecified atom stereocenters. The quantitative estimate of drug-likeness (QED) is 0.213. The van der Waals surface area contributed by atoms with Gasteiger partial charge in [-0.2, -0.15) is 0 Å². The summed E-state index contributed by atoms with van der Waals surface area (Å²) >= 11 is 0. The van der Waals surface area contributed by atoms with Crippen LogP contribution in [0.2, 0.25) is 0 Å². The van der Waals surface area contributed by atoms with Crippen LogP contribution in [0.15, 0.2) is 192 Å². The second-order valence-corrected chi connectivity index (χ2v) is 14.0. The van der Waals surface area contributed by atoms with Crippen molar-refractivity contribution >= 4 is 32.8 Å². The Morgan fingerprint density at radius 3 is 2.29 bits per heavy atom.